The van der Waals surface area contributed by atoms with E-state index in [1.54, 1.807) is 25.1 Å². The smallest absolute Gasteiger partial charge is 0.224 e. The molecule has 0 bridgehead atoms. The first-order valence-electron chi connectivity index (χ1n) is 6.93. The van der Waals surface area contributed by atoms with Crippen molar-refractivity contribution in [1.29, 1.82) is 0 Å². The summed E-state index contributed by atoms with van der Waals surface area (Å²) in [4.78, 5) is 12.0. The molecule has 3 nitrogen and oxygen atoms in total. The van der Waals surface area contributed by atoms with E-state index in [1.807, 2.05) is 6.07 Å². The van der Waals surface area contributed by atoms with Crippen LogP contribution in [0.2, 0.25) is 5.02 Å². The number of aliphatic hydroxyl groups is 1. The summed E-state index contributed by atoms with van der Waals surface area (Å²) in [7, 11) is 0. The zero-order chi connectivity index (χ0) is 16.1. The third-order valence-electron chi connectivity index (χ3n) is 3.38. The van der Waals surface area contributed by atoms with Gasteiger partial charge < -0.3 is 10.4 Å². The fraction of sp³-hybridized carbons (Fsp3) is 0.235. The molecule has 1 amide bonds. The van der Waals surface area contributed by atoms with Crippen molar-refractivity contribution >= 4 is 17.5 Å². The molecule has 0 heterocycles. The molecule has 0 aliphatic rings. The molecule has 2 atom stereocenters. The van der Waals surface area contributed by atoms with Gasteiger partial charge in [0.15, 0.2) is 0 Å². The second-order valence-electron chi connectivity index (χ2n) is 5.12. The summed E-state index contributed by atoms with van der Waals surface area (Å²) in [5, 5.41) is 13.4. The summed E-state index contributed by atoms with van der Waals surface area (Å²) in [6.45, 7) is 1.69. The molecule has 5 heteroatoms. The SMILES string of the molecule is CC(NC(=O)Cc1ccccc1Cl)C(O)c1ccc(F)cc1. The maximum Gasteiger partial charge on any atom is 0.224 e. The number of hydrogen-bond acceptors (Lipinski definition) is 2. The van der Waals surface area contributed by atoms with Crippen LogP contribution in [0.15, 0.2) is 48.5 Å². The van der Waals surface area contributed by atoms with E-state index in [2.05, 4.69) is 5.32 Å². The zero-order valence-corrected chi connectivity index (χ0v) is 12.8. The van der Waals surface area contributed by atoms with Crippen LogP contribution in [-0.4, -0.2) is 17.1 Å². The van der Waals surface area contributed by atoms with Crippen LogP contribution in [-0.2, 0) is 11.2 Å². The number of aliphatic hydroxyl groups excluding tert-OH is 1. The Bertz CT molecular complexity index is 645. The Morgan fingerprint density at radius 1 is 1.23 bits per heavy atom. The monoisotopic (exact) mass is 321 g/mol. The summed E-state index contributed by atoms with van der Waals surface area (Å²) in [5.41, 5.74) is 1.28. The molecule has 2 aromatic rings. The Kier molecular flexibility index (Phi) is 5.52. The molecular weight excluding hydrogens is 305 g/mol. The van der Waals surface area contributed by atoms with Crippen molar-refractivity contribution in [3.05, 3.63) is 70.5 Å². The largest absolute Gasteiger partial charge is 0.386 e. The van der Waals surface area contributed by atoms with E-state index in [0.29, 0.717) is 10.6 Å². The lowest BCUT2D eigenvalue weighted by Crippen LogP contribution is -2.38. The van der Waals surface area contributed by atoms with Crippen molar-refractivity contribution in [2.45, 2.75) is 25.5 Å². The maximum atomic E-state index is 12.9. The molecule has 0 spiro atoms. The first-order chi connectivity index (χ1) is 10.5. The van der Waals surface area contributed by atoms with Crippen molar-refractivity contribution in [3.63, 3.8) is 0 Å². The Hall–Kier alpha value is -1.91. The highest BCUT2D eigenvalue weighted by Crippen LogP contribution is 2.18. The van der Waals surface area contributed by atoms with Crippen LogP contribution in [0.1, 0.15) is 24.2 Å². The number of rotatable bonds is 5. The van der Waals surface area contributed by atoms with E-state index in [0.717, 1.165) is 5.56 Å². The average Bonchev–Trinajstić information content (AvgIpc) is 2.49. The third kappa shape index (κ3) is 4.29. The summed E-state index contributed by atoms with van der Waals surface area (Å²) in [6.07, 6.45) is -0.768. The van der Waals surface area contributed by atoms with E-state index in [4.69, 9.17) is 11.6 Å². The van der Waals surface area contributed by atoms with E-state index in [1.165, 1.54) is 24.3 Å². The van der Waals surface area contributed by atoms with Crippen molar-refractivity contribution in [2.24, 2.45) is 0 Å². The lowest BCUT2D eigenvalue weighted by atomic mass is 10.0. The third-order valence-corrected chi connectivity index (χ3v) is 3.75. The van der Waals surface area contributed by atoms with Gasteiger partial charge in [-0.1, -0.05) is 41.9 Å². The van der Waals surface area contributed by atoms with E-state index >= 15 is 0 Å². The Morgan fingerprint density at radius 2 is 1.86 bits per heavy atom. The van der Waals surface area contributed by atoms with Gasteiger partial charge in [-0.3, -0.25) is 4.79 Å². The number of hydrogen-bond donors (Lipinski definition) is 2. The predicted molar refractivity (Wildman–Crippen MR) is 84.1 cm³/mol. The Morgan fingerprint density at radius 3 is 2.50 bits per heavy atom. The van der Waals surface area contributed by atoms with Crippen LogP contribution in [0.3, 0.4) is 0 Å². The van der Waals surface area contributed by atoms with E-state index in [-0.39, 0.29) is 18.1 Å². The lowest BCUT2D eigenvalue weighted by molar-refractivity contribution is -0.121. The number of nitrogens with one attached hydrogen (secondary N) is 1. The van der Waals surface area contributed by atoms with Gasteiger partial charge in [-0.15, -0.1) is 0 Å². The van der Waals surface area contributed by atoms with Gasteiger partial charge in [-0.05, 0) is 36.2 Å². The van der Waals surface area contributed by atoms with Crippen LogP contribution in [0, 0.1) is 5.82 Å². The van der Waals surface area contributed by atoms with Crippen LogP contribution >= 0.6 is 11.6 Å². The molecule has 116 valence electrons. The molecule has 22 heavy (non-hydrogen) atoms. The predicted octanol–water partition coefficient (Wildman–Crippen LogP) is 3.26. The van der Waals surface area contributed by atoms with Gasteiger partial charge in [0.1, 0.15) is 5.82 Å². The number of halogens is 2. The standard InChI is InChI=1S/C17H17ClFNO2/c1-11(17(22)12-6-8-14(19)9-7-12)20-16(21)10-13-4-2-3-5-15(13)18/h2-9,11,17,22H,10H2,1H3,(H,20,21). The highest BCUT2D eigenvalue weighted by atomic mass is 35.5. The summed E-state index contributed by atoms with van der Waals surface area (Å²) >= 11 is 6.01. The number of amides is 1. The molecule has 0 radical (unpaired) electrons. The molecule has 0 aliphatic carbocycles. The van der Waals surface area contributed by atoms with Gasteiger partial charge in [0.05, 0.1) is 18.6 Å². The van der Waals surface area contributed by atoms with Crippen molar-refractivity contribution < 1.29 is 14.3 Å². The van der Waals surface area contributed by atoms with Crippen LogP contribution in [0.4, 0.5) is 4.39 Å². The van der Waals surface area contributed by atoms with Gasteiger partial charge >= 0.3 is 0 Å². The van der Waals surface area contributed by atoms with Gasteiger partial charge in [0.25, 0.3) is 0 Å². The normalized spacial score (nSPS) is 13.5. The quantitative estimate of drug-likeness (QED) is 0.888. The first kappa shape index (κ1) is 16.5. The Labute approximate surface area is 133 Å². The first-order valence-corrected chi connectivity index (χ1v) is 7.31. The maximum absolute atomic E-state index is 12.9. The zero-order valence-electron chi connectivity index (χ0n) is 12.1. The fourth-order valence-electron chi connectivity index (χ4n) is 2.15. The molecule has 2 N–H and O–H groups in total. The van der Waals surface area contributed by atoms with Gasteiger partial charge in [0.2, 0.25) is 5.91 Å². The molecular formula is C17H17ClFNO2. The second-order valence-corrected chi connectivity index (χ2v) is 5.53. The fourth-order valence-corrected chi connectivity index (χ4v) is 2.35. The number of carbonyl (C=O) groups excluding carboxylic acids is 1. The molecule has 0 aliphatic heterocycles. The molecule has 2 aromatic carbocycles. The van der Waals surface area contributed by atoms with E-state index in [9.17, 15) is 14.3 Å². The minimum Gasteiger partial charge on any atom is -0.386 e. The molecule has 0 aromatic heterocycles. The number of benzene rings is 2. The van der Waals surface area contributed by atoms with Crippen molar-refractivity contribution in [3.8, 4) is 0 Å². The van der Waals surface area contributed by atoms with Gasteiger partial charge in [-0.25, -0.2) is 4.39 Å². The topological polar surface area (TPSA) is 49.3 Å². The van der Waals surface area contributed by atoms with Gasteiger partial charge in [0, 0.05) is 5.02 Å². The second kappa shape index (κ2) is 7.38. The minimum atomic E-state index is -0.907. The molecule has 0 fully saturated rings. The molecule has 2 unspecified atom stereocenters. The minimum absolute atomic E-state index is 0.139. The van der Waals surface area contributed by atoms with Gasteiger partial charge in [-0.2, -0.15) is 0 Å². The summed E-state index contributed by atoms with van der Waals surface area (Å²) < 4.78 is 12.9. The van der Waals surface area contributed by atoms with Crippen LogP contribution in [0.25, 0.3) is 0 Å². The van der Waals surface area contributed by atoms with E-state index < -0.39 is 12.1 Å². The molecule has 0 saturated heterocycles. The molecule has 0 saturated carbocycles. The summed E-state index contributed by atoms with van der Waals surface area (Å²) in [5.74, 6) is -0.604. The average molecular weight is 322 g/mol. The highest BCUT2D eigenvalue weighted by molar-refractivity contribution is 6.31. The van der Waals surface area contributed by atoms with Crippen molar-refractivity contribution in [2.75, 3.05) is 0 Å². The number of carbonyl (C=O) groups is 1. The van der Waals surface area contributed by atoms with Crippen LogP contribution in [0.5, 0.6) is 0 Å². The molecule has 2 rings (SSSR count). The Balaban J connectivity index is 1.96. The summed E-state index contributed by atoms with van der Waals surface area (Å²) in [6, 6.07) is 12.2. The van der Waals surface area contributed by atoms with Crippen molar-refractivity contribution in [1.82, 2.24) is 5.32 Å². The highest BCUT2D eigenvalue weighted by Gasteiger charge is 2.19. The van der Waals surface area contributed by atoms with Crippen LogP contribution < -0.4 is 5.32 Å². The lowest BCUT2D eigenvalue weighted by Gasteiger charge is -2.20.